The Hall–Kier alpha value is -0.110. The standard InChI is InChI=1S/C7H7Cl2FO4S2/c1-15(11,12)5-2-3-7(10,6(8)4-5)16(9,13)14/h2-4,6H,1H3. The van der Waals surface area contributed by atoms with Crippen molar-refractivity contribution >= 4 is 41.2 Å². The molecule has 0 heterocycles. The fourth-order valence-electron chi connectivity index (χ4n) is 1.06. The zero-order chi connectivity index (χ0) is 12.8. The lowest BCUT2D eigenvalue weighted by Crippen LogP contribution is -2.39. The molecule has 0 aromatic rings. The van der Waals surface area contributed by atoms with Gasteiger partial charge in [-0.05, 0) is 18.2 Å². The first kappa shape index (κ1) is 14.0. The van der Waals surface area contributed by atoms with Crippen LogP contribution in [0, 0.1) is 0 Å². The number of allylic oxidation sites excluding steroid dienone is 2. The molecule has 0 aliphatic heterocycles. The van der Waals surface area contributed by atoms with Crippen molar-refractivity contribution in [1.82, 2.24) is 0 Å². The number of sulfone groups is 1. The van der Waals surface area contributed by atoms with E-state index in [0.717, 1.165) is 18.4 Å². The second-order valence-electron chi connectivity index (χ2n) is 3.21. The van der Waals surface area contributed by atoms with Crippen LogP contribution < -0.4 is 0 Å². The van der Waals surface area contributed by atoms with Crippen molar-refractivity contribution < 1.29 is 21.2 Å². The van der Waals surface area contributed by atoms with Gasteiger partial charge >= 0.3 is 0 Å². The van der Waals surface area contributed by atoms with Crippen molar-refractivity contribution in [1.29, 1.82) is 0 Å². The Balaban J connectivity index is 3.28. The Morgan fingerprint density at radius 3 is 2.19 bits per heavy atom. The van der Waals surface area contributed by atoms with Crippen LogP contribution in [0.1, 0.15) is 0 Å². The van der Waals surface area contributed by atoms with Gasteiger partial charge in [-0.25, -0.2) is 21.2 Å². The molecule has 0 N–H and O–H groups in total. The minimum Gasteiger partial charge on any atom is -0.224 e. The molecule has 1 aliphatic carbocycles. The zero-order valence-corrected chi connectivity index (χ0v) is 11.0. The van der Waals surface area contributed by atoms with E-state index in [1.54, 1.807) is 0 Å². The van der Waals surface area contributed by atoms with Crippen LogP contribution in [0.15, 0.2) is 23.1 Å². The fourth-order valence-corrected chi connectivity index (χ4v) is 3.54. The molecule has 0 spiro atoms. The molecule has 92 valence electrons. The van der Waals surface area contributed by atoms with Gasteiger partial charge in [0, 0.05) is 16.9 Å². The summed E-state index contributed by atoms with van der Waals surface area (Å²) in [6.07, 6.45) is 3.06. The molecule has 0 bridgehead atoms. The average molecular weight is 309 g/mol. The Bertz CT molecular complexity index is 563. The maximum atomic E-state index is 13.9. The van der Waals surface area contributed by atoms with Crippen molar-refractivity contribution in [3.05, 3.63) is 23.1 Å². The average Bonchev–Trinajstić information content (AvgIpc) is 2.05. The van der Waals surface area contributed by atoms with E-state index in [1.807, 2.05) is 0 Å². The largest absolute Gasteiger partial charge is 0.273 e. The van der Waals surface area contributed by atoms with Crippen LogP contribution >= 0.6 is 22.3 Å². The molecule has 0 saturated carbocycles. The molecule has 4 nitrogen and oxygen atoms in total. The van der Waals surface area contributed by atoms with E-state index in [4.69, 9.17) is 22.3 Å². The summed E-state index contributed by atoms with van der Waals surface area (Å²) in [5.41, 5.74) is 0. The van der Waals surface area contributed by atoms with E-state index >= 15 is 0 Å². The van der Waals surface area contributed by atoms with E-state index in [1.165, 1.54) is 0 Å². The SMILES string of the molecule is CS(=O)(=O)C1=CC(Cl)C(F)(S(=O)(=O)Cl)C=C1. The monoisotopic (exact) mass is 308 g/mol. The molecular formula is C7H7Cl2FO4S2. The van der Waals surface area contributed by atoms with Gasteiger partial charge in [0.1, 0.15) is 5.38 Å². The Morgan fingerprint density at radius 2 is 1.88 bits per heavy atom. The third kappa shape index (κ3) is 2.42. The summed E-state index contributed by atoms with van der Waals surface area (Å²) in [4.78, 5) is -0.249. The summed E-state index contributed by atoms with van der Waals surface area (Å²) in [6, 6.07) is 0. The lowest BCUT2D eigenvalue weighted by atomic mass is 10.1. The van der Waals surface area contributed by atoms with Gasteiger partial charge in [-0.2, -0.15) is 0 Å². The van der Waals surface area contributed by atoms with E-state index in [-0.39, 0.29) is 4.91 Å². The minimum absolute atomic E-state index is 0.249. The first-order valence-corrected chi connectivity index (χ1v) is 8.50. The second-order valence-corrected chi connectivity index (χ2v) is 8.42. The highest BCUT2D eigenvalue weighted by molar-refractivity contribution is 8.14. The highest BCUT2D eigenvalue weighted by Crippen LogP contribution is 2.37. The smallest absolute Gasteiger partial charge is 0.224 e. The van der Waals surface area contributed by atoms with Gasteiger partial charge in [0.2, 0.25) is 0 Å². The summed E-state index contributed by atoms with van der Waals surface area (Å²) < 4.78 is 58.0. The molecule has 0 aromatic carbocycles. The molecule has 2 unspecified atom stereocenters. The lowest BCUT2D eigenvalue weighted by molar-refractivity contribution is 0.339. The highest BCUT2D eigenvalue weighted by atomic mass is 35.7. The molecule has 0 radical (unpaired) electrons. The van der Waals surface area contributed by atoms with Crippen LogP contribution in [0.3, 0.4) is 0 Å². The van der Waals surface area contributed by atoms with E-state index in [0.29, 0.717) is 6.08 Å². The van der Waals surface area contributed by atoms with E-state index in [2.05, 4.69) is 0 Å². The van der Waals surface area contributed by atoms with Gasteiger partial charge in [0.15, 0.2) is 9.84 Å². The van der Waals surface area contributed by atoms with Gasteiger partial charge in [-0.15, -0.1) is 11.6 Å². The Labute approximate surface area is 102 Å². The van der Waals surface area contributed by atoms with Crippen LogP contribution in [-0.4, -0.2) is 33.5 Å². The van der Waals surface area contributed by atoms with Gasteiger partial charge in [-0.3, -0.25) is 0 Å². The van der Waals surface area contributed by atoms with Crippen LogP contribution in [0.2, 0.25) is 0 Å². The first-order valence-electron chi connectivity index (χ1n) is 3.87. The fraction of sp³-hybridized carbons (Fsp3) is 0.429. The molecule has 0 amide bonds. The van der Waals surface area contributed by atoms with Crippen LogP contribution in [0.25, 0.3) is 0 Å². The third-order valence-electron chi connectivity index (χ3n) is 1.96. The number of hydrogen-bond acceptors (Lipinski definition) is 4. The first-order chi connectivity index (χ1) is 6.98. The number of halogens is 3. The van der Waals surface area contributed by atoms with Crippen LogP contribution in [0.5, 0.6) is 0 Å². The quantitative estimate of drug-likeness (QED) is 0.570. The molecule has 0 aromatic heterocycles. The van der Waals surface area contributed by atoms with Crippen LogP contribution in [0.4, 0.5) is 4.39 Å². The van der Waals surface area contributed by atoms with Crippen molar-refractivity contribution in [3.63, 3.8) is 0 Å². The zero-order valence-electron chi connectivity index (χ0n) is 7.89. The van der Waals surface area contributed by atoms with Gasteiger partial charge in [0.25, 0.3) is 14.1 Å². The van der Waals surface area contributed by atoms with Gasteiger partial charge in [0.05, 0.1) is 4.91 Å². The lowest BCUT2D eigenvalue weighted by Gasteiger charge is -2.24. The predicted octanol–water partition coefficient (Wildman–Crippen LogP) is 1.33. The van der Waals surface area contributed by atoms with Crippen molar-refractivity contribution in [2.45, 2.75) is 10.4 Å². The number of alkyl halides is 2. The highest BCUT2D eigenvalue weighted by Gasteiger charge is 2.49. The number of rotatable bonds is 2. The van der Waals surface area contributed by atoms with Crippen molar-refractivity contribution in [2.24, 2.45) is 0 Å². The summed E-state index contributed by atoms with van der Waals surface area (Å²) in [5.74, 6) is 0. The predicted molar refractivity (Wildman–Crippen MR) is 60.3 cm³/mol. The number of hydrogen-bond donors (Lipinski definition) is 0. The molecule has 1 rings (SSSR count). The Kier molecular flexibility index (Phi) is 3.46. The maximum absolute atomic E-state index is 13.9. The molecule has 16 heavy (non-hydrogen) atoms. The normalized spacial score (nSPS) is 31.2. The maximum Gasteiger partial charge on any atom is 0.273 e. The van der Waals surface area contributed by atoms with Crippen LogP contribution in [-0.2, 0) is 18.9 Å². The van der Waals surface area contributed by atoms with Gasteiger partial charge in [-0.1, -0.05) is 0 Å². The second kappa shape index (κ2) is 3.97. The molecule has 0 saturated heterocycles. The summed E-state index contributed by atoms with van der Waals surface area (Å²) >= 11 is 5.48. The van der Waals surface area contributed by atoms with Crippen molar-refractivity contribution in [3.8, 4) is 0 Å². The minimum atomic E-state index is -4.60. The third-order valence-corrected chi connectivity index (χ3v) is 5.51. The summed E-state index contributed by atoms with van der Waals surface area (Å²) in [5, 5.41) is -4.69. The van der Waals surface area contributed by atoms with Crippen molar-refractivity contribution in [2.75, 3.05) is 6.26 Å². The Morgan fingerprint density at radius 1 is 1.38 bits per heavy atom. The topological polar surface area (TPSA) is 68.3 Å². The van der Waals surface area contributed by atoms with E-state index in [9.17, 15) is 21.2 Å². The molecule has 9 heteroatoms. The molecule has 0 fully saturated rings. The molecular weight excluding hydrogens is 302 g/mol. The summed E-state index contributed by atoms with van der Waals surface area (Å²) in [7, 11) is -3.27. The molecule has 2 atom stereocenters. The molecule has 1 aliphatic rings. The summed E-state index contributed by atoms with van der Waals surface area (Å²) in [6.45, 7) is 0. The van der Waals surface area contributed by atoms with E-state index < -0.39 is 29.3 Å². The van der Waals surface area contributed by atoms with Gasteiger partial charge < -0.3 is 0 Å².